The third-order valence-corrected chi connectivity index (χ3v) is 4.45. The van der Waals surface area contributed by atoms with E-state index < -0.39 is 5.97 Å². The van der Waals surface area contributed by atoms with Crippen molar-refractivity contribution >= 4 is 17.7 Å². The molecule has 0 unspecified atom stereocenters. The monoisotopic (exact) mass is 252 g/mol. The topological polar surface area (TPSA) is 57.5 Å². The first-order chi connectivity index (χ1) is 8.16. The van der Waals surface area contributed by atoms with Gasteiger partial charge in [-0.2, -0.15) is 0 Å². The van der Waals surface area contributed by atoms with Crippen molar-refractivity contribution in [2.24, 2.45) is 0 Å². The van der Waals surface area contributed by atoms with Crippen LogP contribution in [-0.4, -0.2) is 27.5 Å². The number of aliphatic hydroxyl groups excluding tert-OH is 1. The largest absolute Gasteiger partial charge is 0.478 e. The van der Waals surface area contributed by atoms with Crippen molar-refractivity contribution in [1.29, 1.82) is 0 Å². The van der Waals surface area contributed by atoms with Crippen molar-refractivity contribution in [2.45, 2.75) is 41.9 Å². The first-order valence-corrected chi connectivity index (χ1v) is 6.73. The molecule has 0 spiro atoms. The molecular weight excluding hydrogens is 236 g/mol. The number of hydrogen-bond acceptors (Lipinski definition) is 3. The fourth-order valence-corrected chi connectivity index (χ4v) is 3.29. The SMILES string of the molecule is O=C(O)c1ccc(S[C@H]2CCCC[C@@H]2O)cc1. The van der Waals surface area contributed by atoms with Crippen molar-refractivity contribution in [3.63, 3.8) is 0 Å². The van der Waals surface area contributed by atoms with Crippen LogP contribution >= 0.6 is 11.8 Å². The molecule has 0 radical (unpaired) electrons. The molecule has 92 valence electrons. The molecule has 1 saturated carbocycles. The molecule has 2 N–H and O–H groups in total. The molecule has 0 amide bonds. The molecule has 3 nitrogen and oxygen atoms in total. The zero-order valence-electron chi connectivity index (χ0n) is 9.50. The summed E-state index contributed by atoms with van der Waals surface area (Å²) < 4.78 is 0. The van der Waals surface area contributed by atoms with Gasteiger partial charge in [-0.15, -0.1) is 11.8 Å². The average Bonchev–Trinajstić information content (AvgIpc) is 2.33. The van der Waals surface area contributed by atoms with Gasteiger partial charge in [-0.25, -0.2) is 4.79 Å². The summed E-state index contributed by atoms with van der Waals surface area (Å²) in [5.74, 6) is -0.903. The van der Waals surface area contributed by atoms with Gasteiger partial charge in [-0.05, 0) is 37.1 Å². The summed E-state index contributed by atoms with van der Waals surface area (Å²) >= 11 is 1.65. The number of carboxylic acids is 1. The molecule has 1 aliphatic carbocycles. The lowest BCUT2D eigenvalue weighted by molar-refractivity contribution is 0.0697. The van der Waals surface area contributed by atoms with E-state index in [1.807, 2.05) is 12.1 Å². The van der Waals surface area contributed by atoms with Gasteiger partial charge in [0.1, 0.15) is 0 Å². The number of carboxylic acid groups (broad SMARTS) is 1. The molecule has 1 aromatic carbocycles. The summed E-state index contributed by atoms with van der Waals surface area (Å²) in [7, 11) is 0. The second-order valence-corrected chi connectivity index (χ2v) is 5.65. The van der Waals surface area contributed by atoms with E-state index >= 15 is 0 Å². The van der Waals surface area contributed by atoms with Gasteiger partial charge in [0.15, 0.2) is 0 Å². The molecular formula is C13H16O3S. The molecule has 0 heterocycles. The summed E-state index contributed by atoms with van der Waals surface area (Å²) in [6, 6.07) is 6.85. The van der Waals surface area contributed by atoms with Crippen molar-refractivity contribution in [3.05, 3.63) is 29.8 Å². The smallest absolute Gasteiger partial charge is 0.335 e. The highest BCUT2D eigenvalue weighted by Gasteiger charge is 2.23. The average molecular weight is 252 g/mol. The molecule has 1 fully saturated rings. The van der Waals surface area contributed by atoms with E-state index in [4.69, 9.17) is 5.11 Å². The van der Waals surface area contributed by atoms with Crippen LogP contribution in [0, 0.1) is 0 Å². The number of thioether (sulfide) groups is 1. The van der Waals surface area contributed by atoms with E-state index in [9.17, 15) is 9.90 Å². The van der Waals surface area contributed by atoms with Crippen molar-refractivity contribution < 1.29 is 15.0 Å². The molecule has 17 heavy (non-hydrogen) atoms. The molecule has 0 saturated heterocycles. The molecule has 0 aromatic heterocycles. The Morgan fingerprint density at radius 3 is 2.41 bits per heavy atom. The lowest BCUT2D eigenvalue weighted by Crippen LogP contribution is -2.26. The summed E-state index contributed by atoms with van der Waals surface area (Å²) in [6.45, 7) is 0. The van der Waals surface area contributed by atoms with Crippen LogP contribution in [0.4, 0.5) is 0 Å². The summed E-state index contributed by atoms with van der Waals surface area (Å²) in [6.07, 6.45) is 3.96. The molecule has 0 aliphatic heterocycles. The Hall–Kier alpha value is -1.00. The molecule has 0 bridgehead atoms. The lowest BCUT2D eigenvalue weighted by Gasteiger charge is -2.26. The van der Waals surface area contributed by atoms with Gasteiger partial charge in [0.05, 0.1) is 11.7 Å². The maximum atomic E-state index is 10.7. The van der Waals surface area contributed by atoms with E-state index in [0.717, 1.165) is 24.2 Å². The zero-order valence-corrected chi connectivity index (χ0v) is 10.3. The Bertz CT molecular complexity index is 388. The normalized spacial score (nSPS) is 24.5. The Morgan fingerprint density at radius 1 is 1.18 bits per heavy atom. The second-order valence-electron chi connectivity index (χ2n) is 4.34. The molecule has 1 aromatic rings. The number of aromatic carboxylic acids is 1. The Kier molecular flexibility index (Phi) is 4.07. The molecule has 1 aliphatic rings. The minimum absolute atomic E-state index is 0.229. The van der Waals surface area contributed by atoms with Crippen LogP contribution in [-0.2, 0) is 0 Å². The van der Waals surface area contributed by atoms with Crippen LogP contribution in [0.1, 0.15) is 36.0 Å². The van der Waals surface area contributed by atoms with E-state index in [1.165, 1.54) is 6.42 Å². The summed E-state index contributed by atoms with van der Waals surface area (Å²) in [5.41, 5.74) is 0.304. The van der Waals surface area contributed by atoms with Crippen LogP contribution in [0.15, 0.2) is 29.2 Å². The third kappa shape index (κ3) is 3.23. The maximum absolute atomic E-state index is 10.7. The summed E-state index contributed by atoms with van der Waals surface area (Å²) in [4.78, 5) is 11.7. The standard InChI is InChI=1S/C13H16O3S/c14-11-3-1-2-4-12(11)17-10-7-5-9(6-8-10)13(15)16/h5-8,11-12,14H,1-4H2,(H,15,16)/t11-,12-/m0/s1. The van der Waals surface area contributed by atoms with Crippen LogP contribution in [0.3, 0.4) is 0 Å². The highest BCUT2D eigenvalue weighted by Crippen LogP contribution is 2.33. The van der Waals surface area contributed by atoms with Gasteiger partial charge in [0, 0.05) is 10.1 Å². The van der Waals surface area contributed by atoms with Crippen LogP contribution < -0.4 is 0 Å². The Labute approximate surface area is 105 Å². The quantitative estimate of drug-likeness (QED) is 0.868. The van der Waals surface area contributed by atoms with Gasteiger partial charge >= 0.3 is 5.97 Å². The van der Waals surface area contributed by atoms with Crippen molar-refractivity contribution in [1.82, 2.24) is 0 Å². The zero-order chi connectivity index (χ0) is 12.3. The Morgan fingerprint density at radius 2 is 1.82 bits per heavy atom. The predicted octanol–water partition coefficient (Wildman–Crippen LogP) is 2.78. The highest BCUT2D eigenvalue weighted by molar-refractivity contribution is 8.00. The molecule has 2 rings (SSSR count). The first-order valence-electron chi connectivity index (χ1n) is 5.85. The highest BCUT2D eigenvalue weighted by atomic mass is 32.2. The predicted molar refractivity (Wildman–Crippen MR) is 67.5 cm³/mol. The van der Waals surface area contributed by atoms with Gasteiger partial charge in [-0.3, -0.25) is 0 Å². The van der Waals surface area contributed by atoms with E-state index in [0.29, 0.717) is 5.56 Å². The lowest BCUT2D eigenvalue weighted by atomic mass is 9.97. The maximum Gasteiger partial charge on any atom is 0.335 e. The fraction of sp³-hybridized carbons (Fsp3) is 0.462. The number of rotatable bonds is 3. The van der Waals surface area contributed by atoms with Crippen LogP contribution in [0.25, 0.3) is 0 Å². The first kappa shape index (κ1) is 12.5. The van der Waals surface area contributed by atoms with Crippen molar-refractivity contribution in [2.75, 3.05) is 0 Å². The number of hydrogen-bond donors (Lipinski definition) is 2. The van der Waals surface area contributed by atoms with Gasteiger partial charge in [-0.1, -0.05) is 12.8 Å². The molecule has 2 atom stereocenters. The van der Waals surface area contributed by atoms with Crippen LogP contribution in [0.5, 0.6) is 0 Å². The summed E-state index contributed by atoms with van der Waals surface area (Å²) in [5, 5.41) is 18.9. The minimum Gasteiger partial charge on any atom is -0.478 e. The minimum atomic E-state index is -0.903. The van der Waals surface area contributed by atoms with Gasteiger partial charge in [0.2, 0.25) is 0 Å². The number of carbonyl (C=O) groups is 1. The van der Waals surface area contributed by atoms with Gasteiger partial charge < -0.3 is 10.2 Å². The fourth-order valence-electron chi connectivity index (χ4n) is 2.07. The van der Waals surface area contributed by atoms with E-state index in [2.05, 4.69) is 0 Å². The molecule has 4 heteroatoms. The van der Waals surface area contributed by atoms with E-state index in [1.54, 1.807) is 23.9 Å². The van der Waals surface area contributed by atoms with Gasteiger partial charge in [0.25, 0.3) is 0 Å². The van der Waals surface area contributed by atoms with Crippen molar-refractivity contribution in [3.8, 4) is 0 Å². The van der Waals surface area contributed by atoms with Crippen LogP contribution in [0.2, 0.25) is 0 Å². The third-order valence-electron chi connectivity index (χ3n) is 3.06. The second kappa shape index (κ2) is 5.56. The number of aliphatic hydroxyl groups is 1. The number of benzene rings is 1. The Balaban J connectivity index is 2.00. The van der Waals surface area contributed by atoms with E-state index in [-0.39, 0.29) is 11.4 Å².